The van der Waals surface area contributed by atoms with Crippen LogP contribution in [-0.2, 0) is 11.8 Å². The number of amides is 1. The number of hydrogen-bond acceptors (Lipinski definition) is 4. The van der Waals surface area contributed by atoms with E-state index in [4.69, 9.17) is 0 Å². The zero-order valence-corrected chi connectivity index (χ0v) is 12.8. The van der Waals surface area contributed by atoms with Crippen molar-refractivity contribution in [3.05, 3.63) is 53.9 Å². The second kappa shape index (κ2) is 5.14. The van der Waals surface area contributed by atoms with E-state index in [1.54, 1.807) is 22.6 Å². The molecule has 0 saturated heterocycles. The molecule has 2 aromatic heterocycles. The van der Waals surface area contributed by atoms with Crippen molar-refractivity contribution in [2.24, 2.45) is 7.05 Å². The van der Waals surface area contributed by atoms with Crippen molar-refractivity contribution in [3.8, 4) is 0 Å². The van der Waals surface area contributed by atoms with Gasteiger partial charge in [-0.05, 0) is 11.6 Å². The summed E-state index contributed by atoms with van der Waals surface area (Å²) >= 11 is 1.61. The number of carbonyl (C=O) groups excluding carboxylic acids is 1. The summed E-state index contributed by atoms with van der Waals surface area (Å²) in [6.45, 7) is 0. The minimum Gasteiger partial charge on any atom is -0.310 e. The molecule has 3 aromatic rings. The van der Waals surface area contributed by atoms with E-state index in [1.165, 1.54) is 0 Å². The largest absolute Gasteiger partial charge is 0.310 e. The summed E-state index contributed by atoms with van der Waals surface area (Å²) in [5.41, 5.74) is 3.12. The predicted octanol–water partition coefficient (Wildman–Crippen LogP) is 2.74. The average Bonchev–Trinajstić information content (AvgIpc) is 2.80. The summed E-state index contributed by atoms with van der Waals surface area (Å²) in [7, 11) is 1.84. The highest BCUT2D eigenvalue weighted by atomic mass is 32.2. The molecular formula is C16H14N4OS. The fourth-order valence-electron chi connectivity index (χ4n) is 2.81. The molecule has 1 aromatic carbocycles. The molecule has 0 radical (unpaired) electrons. The zero-order chi connectivity index (χ0) is 15.1. The van der Waals surface area contributed by atoms with Crippen molar-refractivity contribution in [1.82, 2.24) is 14.8 Å². The molecule has 0 saturated carbocycles. The van der Waals surface area contributed by atoms with Crippen molar-refractivity contribution >= 4 is 34.4 Å². The maximum atomic E-state index is 11.9. The molecule has 5 nitrogen and oxygen atoms in total. The van der Waals surface area contributed by atoms with Crippen LogP contribution in [0.4, 0.5) is 5.82 Å². The number of carbonyl (C=O) groups is 1. The number of fused-ring (bicyclic) bond motifs is 2. The van der Waals surface area contributed by atoms with Crippen LogP contribution < -0.4 is 5.32 Å². The maximum Gasteiger partial charge on any atom is 0.235 e. The first-order valence-corrected chi connectivity index (χ1v) is 8.06. The molecule has 1 aliphatic heterocycles. The number of nitrogens with one attached hydrogen (secondary N) is 1. The van der Waals surface area contributed by atoms with Gasteiger partial charge in [-0.2, -0.15) is 5.10 Å². The summed E-state index contributed by atoms with van der Waals surface area (Å²) < 4.78 is 1.71. The number of aromatic nitrogens is 3. The van der Waals surface area contributed by atoms with E-state index >= 15 is 0 Å². The minimum absolute atomic E-state index is 0.00514. The second-order valence-electron chi connectivity index (χ2n) is 5.23. The van der Waals surface area contributed by atoms with Crippen LogP contribution in [0.15, 0.2) is 42.7 Å². The third-order valence-corrected chi connectivity index (χ3v) is 5.10. The van der Waals surface area contributed by atoms with Crippen LogP contribution in [-0.4, -0.2) is 26.4 Å². The number of anilines is 1. The Morgan fingerprint density at radius 3 is 3.05 bits per heavy atom. The van der Waals surface area contributed by atoms with Gasteiger partial charge in [0.15, 0.2) is 0 Å². The van der Waals surface area contributed by atoms with Gasteiger partial charge in [0, 0.05) is 24.2 Å². The summed E-state index contributed by atoms with van der Waals surface area (Å²) in [4.78, 5) is 16.5. The number of thioether (sulfide) groups is 1. The van der Waals surface area contributed by atoms with Gasteiger partial charge < -0.3 is 5.32 Å². The molecule has 0 spiro atoms. The fourth-order valence-corrected chi connectivity index (χ4v) is 3.93. The Morgan fingerprint density at radius 2 is 2.14 bits per heavy atom. The molecule has 1 atom stereocenters. The second-order valence-corrected chi connectivity index (χ2v) is 6.33. The van der Waals surface area contributed by atoms with Crippen LogP contribution in [0, 0.1) is 0 Å². The highest BCUT2D eigenvalue weighted by molar-refractivity contribution is 8.00. The van der Waals surface area contributed by atoms with Crippen molar-refractivity contribution < 1.29 is 4.79 Å². The molecule has 1 unspecified atom stereocenters. The van der Waals surface area contributed by atoms with Gasteiger partial charge in [0.05, 0.1) is 22.7 Å². The van der Waals surface area contributed by atoms with E-state index in [1.807, 2.05) is 25.4 Å². The number of aryl methyl sites for hydroxylation is 1. The Bertz CT molecular complexity index is 868. The Hall–Kier alpha value is -2.34. The van der Waals surface area contributed by atoms with Gasteiger partial charge in [0.2, 0.25) is 5.91 Å². The number of hydrogen-bond donors (Lipinski definition) is 1. The van der Waals surface area contributed by atoms with E-state index in [9.17, 15) is 4.79 Å². The summed E-state index contributed by atoms with van der Waals surface area (Å²) in [6, 6.07) is 10.2. The van der Waals surface area contributed by atoms with Gasteiger partial charge in [0.25, 0.3) is 0 Å². The molecule has 0 fully saturated rings. The lowest BCUT2D eigenvalue weighted by Gasteiger charge is -2.15. The van der Waals surface area contributed by atoms with Crippen molar-refractivity contribution in [2.45, 2.75) is 5.25 Å². The van der Waals surface area contributed by atoms with Gasteiger partial charge in [-0.1, -0.05) is 24.3 Å². The number of pyridine rings is 1. The van der Waals surface area contributed by atoms with Crippen LogP contribution in [0.25, 0.3) is 10.9 Å². The molecule has 4 rings (SSSR count). The number of benzene rings is 1. The Kier molecular flexibility index (Phi) is 3.11. The molecule has 3 heterocycles. The normalized spacial score (nSPS) is 17.9. The maximum absolute atomic E-state index is 11.9. The van der Waals surface area contributed by atoms with E-state index in [2.05, 4.69) is 33.6 Å². The van der Waals surface area contributed by atoms with Crippen LogP contribution in [0.5, 0.6) is 0 Å². The lowest BCUT2D eigenvalue weighted by atomic mass is 10.0. The molecular weight excluding hydrogens is 296 g/mol. The third kappa shape index (κ3) is 2.07. The number of para-hydroxylation sites is 1. The summed E-state index contributed by atoms with van der Waals surface area (Å²) in [5, 5.41) is 8.39. The van der Waals surface area contributed by atoms with Gasteiger partial charge >= 0.3 is 0 Å². The molecule has 1 N–H and O–H groups in total. The van der Waals surface area contributed by atoms with E-state index in [-0.39, 0.29) is 11.2 Å². The zero-order valence-electron chi connectivity index (χ0n) is 12.0. The SMILES string of the molecule is Cn1ncc2c1NC(=O)CSC2c1cccc2cccnc12. The van der Waals surface area contributed by atoms with Crippen LogP contribution >= 0.6 is 11.8 Å². The smallest absolute Gasteiger partial charge is 0.235 e. The quantitative estimate of drug-likeness (QED) is 0.751. The fraction of sp³-hybridized carbons (Fsp3) is 0.188. The van der Waals surface area contributed by atoms with Gasteiger partial charge in [0.1, 0.15) is 5.82 Å². The standard InChI is InChI=1S/C16H14N4OS/c1-20-16-12(8-18-20)15(22-9-13(21)19-16)11-6-2-4-10-5-3-7-17-14(10)11/h2-8,15H,9H2,1H3,(H,19,21). The first-order chi connectivity index (χ1) is 10.7. The topological polar surface area (TPSA) is 59.8 Å². The molecule has 22 heavy (non-hydrogen) atoms. The summed E-state index contributed by atoms with van der Waals surface area (Å²) in [5.74, 6) is 1.20. The van der Waals surface area contributed by atoms with Crippen molar-refractivity contribution in [3.63, 3.8) is 0 Å². The van der Waals surface area contributed by atoms with Crippen LogP contribution in [0.2, 0.25) is 0 Å². The first kappa shape index (κ1) is 13.3. The molecule has 6 heteroatoms. The highest BCUT2D eigenvalue weighted by Gasteiger charge is 2.28. The molecule has 110 valence electrons. The summed E-state index contributed by atoms with van der Waals surface area (Å²) in [6.07, 6.45) is 3.64. The molecule has 1 amide bonds. The van der Waals surface area contributed by atoms with E-state index in [0.717, 1.165) is 27.8 Å². The Morgan fingerprint density at radius 1 is 1.27 bits per heavy atom. The first-order valence-electron chi connectivity index (χ1n) is 7.01. The van der Waals surface area contributed by atoms with Crippen molar-refractivity contribution in [1.29, 1.82) is 0 Å². The lowest BCUT2D eigenvalue weighted by Crippen LogP contribution is -2.15. The van der Waals surface area contributed by atoms with Gasteiger partial charge in [-0.3, -0.25) is 14.5 Å². The number of nitrogens with zero attached hydrogens (tertiary/aromatic N) is 3. The molecule has 0 aliphatic carbocycles. The minimum atomic E-state index is 0.00514. The van der Waals surface area contributed by atoms with Gasteiger partial charge in [-0.15, -0.1) is 11.8 Å². The van der Waals surface area contributed by atoms with Crippen molar-refractivity contribution in [2.75, 3.05) is 11.1 Å². The Labute approximate surface area is 131 Å². The molecule has 0 bridgehead atoms. The number of rotatable bonds is 1. The average molecular weight is 310 g/mol. The third-order valence-electron chi connectivity index (χ3n) is 3.83. The highest BCUT2D eigenvalue weighted by Crippen LogP contribution is 2.42. The lowest BCUT2D eigenvalue weighted by molar-refractivity contribution is -0.113. The Balaban J connectivity index is 1.93. The van der Waals surface area contributed by atoms with Gasteiger partial charge in [-0.25, -0.2) is 0 Å². The predicted molar refractivity (Wildman–Crippen MR) is 87.9 cm³/mol. The van der Waals surface area contributed by atoms with Crippen LogP contribution in [0.1, 0.15) is 16.4 Å². The molecule has 1 aliphatic rings. The monoisotopic (exact) mass is 310 g/mol. The van der Waals surface area contributed by atoms with Crippen LogP contribution in [0.3, 0.4) is 0 Å². The van der Waals surface area contributed by atoms with E-state index < -0.39 is 0 Å². The van der Waals surface area contributed by atoms with E-state index in [0.29, 0.717) is 5.75 Å².